The van der Waals surface area contributed by atoms with E-state index in [9.17, 15) is 0 Å². The summed E-state index contributed by atoms with van der Waals surface area (Å²) < 4.78 is 0. The van der Waals surface area contributed by atoms with Crippen molar-refractivity contribution in [2.45, 2.75) is 91.1 Å². The van der Waals surface area contributed by atoms with E-state index >= 15 is 0 Å². The summed E-state index contributed by atoms with van der Waals surface area (Å²) >= 11 is 0. The van der Waals surface area contributed by atoms with Crippen molar-refractivity contribution in [1.29, 1.82) is 0 Å². The molecule has 0 aliphatic heterocycles. The monoisotopic (exact) mass is 263 g/mol. The van der Waals surface area contributed by atoms with Gasteiger partial charge in [-0.2, -0.15) is 0 Å². The second-order valence-corrected chi connectivity index (χ2v) is 8.52. The first kappa shape index (κ1) is 13.9. The average Bonchev–Trinajstić information content (AvgIpc) is 2.73. The van der Waals surface area contributed by atoms with Gasteiger partial charge in [0.2, 0.25) is 0 Å². The summed E-state index contributed by atoms with van der Waals surface area (Å²) in [6.45, 7) is 10.1. The second kappa shape index (κ2) is 4.76. The molecule has 0 aromatic carbocycles. The molecule has 0 saturated heterocycles. The third-order valence-corrected chi connectivity index (χ3v) is 7.62. The fraction of sp³-hybridized carbons (Fsp3) is 1.00. The summed E-state index contributed by atoms with van der Waals surface area (Å²) in [5.74, 6) is 1.91. The molecule has 19 heavy (non-hydrogen) atoms. The maximum absolute atomic E-state index is 4.08. The number of nitrogens with one attached hydrogen (secondary N) is 1. The van der Waals surface area contributed by atoms with Crippen molar-refractivity contribution in [2.24, 2.45) is 22.7 Å². The van der Waals surface area contributed by atoms with Gasteiger partial charge in [-0.05, 0) is 61.7 Å². The van der Waals surface area contributed by atoms with Crippen LogP contribution in [0.3, 0.4) is 0 Å². The van der Waals surface area contributed by atoms with Gasteiger partial charge in [-0.15, -0.1) is 0 Å². The molecule has 1 nitrogen and oxygen atoms in total. The van der Waals surface area contributed by atoms with Crippen LogP contribution in [0.1, 0.15) is 79.1 Å². The van der Waals surface area contributed by atoms with Crippen LogP contribution in [-0.2, 0) is 0 Å². The second-order valence-electron chi connectivity index (χ2n) is 8.52. The van der Waals surface area contributed by atoms with Crippen molar-refractivity contribution in [2.75, 3.05) is 0 Å². The van der Waals surface area contributed by atoms with Crippen molar-refractivity contribution < 1.29 is 0 Å². The van der Waals surface area contributed by atoms with Crippen LogP contribution in [0, 0.1) is 22.7 Å². The van der Waals surface area contributed by atoms with Gasteiger partial charge in [0.1, 0.15) is 0 Å². The Balaban J connectivity index is 1.65. The van der Waals surface area contributed by atoms with E-state index in [-0.39, 0.29) is 0 Å². The maximum atomic E-state index is 4.08. The molecule has 0 aromatic heterocycles. The molecule has 110 valence electrons. The molecule has 3 rings (SSSR count). The minimum absolute atomic E-state index is 0.542. The first-order valence-electron chi connectivity index (χ1n) is 8.71. The van der Waals surface area contributed by atoms with Gasteiger partial charge < -0.3 is 5.32 Å². The number of fused-ring (bicyclic) bond motifs is 2. The van der Waals surface area contributed by atoms with Gasteiger partial charge in [-0.1, -0.05) is 40.0 Å². The van der Waals surface area contributed by atoms with Crippen LogP contribution in [0.4, 0.5) is 0 Å². The zero-order valence-electron chi connectivity index (χ0n) is 13.5. The Morgan fingerprint density at radius 3 is 2.21 bits per heavy atom. The van der Waals surface area contributed by atoms with E-state index in [0.29, 0.717) is 10.8 Å². The first-order chi connectivity index (χ1) is 8.95. The Hall–Kier alpha value is -0.0400. The van der Waals surface area contributed by atoms with Gasteiger partial charge in [0.25, 0.3) is 0 Å². The predicted octanol–water partition coefficient (Wildman–Crippen LogP) is 4.76. The van der Waals surface area contributed by atoms with Crippen molar-refractivity contribution in [3.8, 4) is 0 Å². The van der Waals surface area contributed by atoms with Crippen molar-refractivity contribution >= 4 is 0 Å². The van der Waals surface area contributed by atoms with Crippen LogP contribution in [0.5, 0.6) is 0 Å². The van der Waals surface area contributed by atoms with Crippen LogP contribution in [0.2, 0.25) is 0 Å². The molecule has 3 saturated carbocycles. The highest BCUT2D eigenvalue weighted by atomic mass is 15.0. The van der Waals surface area contributed by atoms with Gasteiger partial charge in [0.15, 0.2) is 0 Å². The third kappa shape index (κ3) is 2.07. The van der Waals surface area contributed by atoms with Gasteiger partial charge in [-0.25, -0.2) is 0 Å². The van der Waals surface area contributed by atoms with Crippen LogP contribution < -0.4 is 5.32 Å². The minimum atomic E-state index is 0.542. The summed E-state index contributed by atoms with van der Waals surface area (Å²) in [6.07, 6.45) is 11.7. The Morgan fingerprint density at radius 1 is 1.00 bits per heavy atom. The zero-order valence-corrected chi connectivity index (χ0v) is 13.5. The average molecular weight is 263 g/mol. The van der Waals surface area contributed by atoms with E-state index < -0.39 is 0 Å². The normalized spacial score (nSPS) is 43.6. The first-order valence-corrected chi connectivity index (χ1v) is 8.71. The molecule has 3 fully saturated rings. The van der Waals surface area contributed by atoms with Crippen LogP contribution in [0.25, 0.3) is 0 Å². The summed E-state index contributed by atoms with van der Waals surface area (Å²) in [7, 11) is 0. The van der Waals surface area contributed by atoms with Gasteiger partial charge in [0.05, 0.1) is 0 Å². The Bertz CT molecular complexity index is 329. The van der Waals surface area contributed by atoms with Crippen molar-refractivity contribution in [3.05, 3.63) is 0 Å². The quantitative estimate of drug-likeness (QED) is 0.774. The highest BCUT2D eigenvalue weighted by Crippen LogP contribution is 2.65. The van der Waals surface area contributed by atoms with E-state index in [2.05, 4.69) is 33.0 Å². The molecule has 1 heteroatoms. The van der Waals surface area contributed by atoms with Crippen LogP contribution >= 0.6 is 0 Å². The van der Waals surface area contributed by atoms with Gasteiger partial charge >= 0.3 is 0 Å². The lowest BCUT2D eigenvalue weighted by Crippen LogP contribution is -2.49. The van der Waals surface area contributed by atoms with Gasteiger partial charge in [0, 0.05) is 12.1 Å². The fourth-order valence-electron chi connectivity index (χ4n) is 5.54. The number of hydrogen-bond acceptors (Lipinski definition) is 1. The SMILES string of the molecule is CC(NC1CC2CCC1(C)C2(C)C)C1CCCCC1. The molecule has 3 aliphatic rings. The van der Waals surface area contributed by atoms with E-state index in [1.807, 2.05) is 0 Å². The van der Waals surface area contributed by atoms with Crippen LogP contribution in [0.15, 0.2) is 0 Å². The van der Waals surface area contributed by atoms with E-state index in [1.165, 1.54) is 51.4 Å². The van der Waals surface area contributed by atoms with E-state index in [4.69, 9.17) is 0 Å². The number of hydrogen-bond donors (Lipinski definition) is 1. The summed E-state index contributed by atoms with van der Waals surface area (Å²) in [5, 5.41) is 4.08. The van der Waals surface area contributed by atoms with E-state index in [0.717, 1.165) is 23.9 Å². The Kier molecular flexibility index (Phi) is 3.48. The minimum Gasteiger partial charge on any atom is -0.311 e. The van der Waals surface area contributed by atoms with Crippen molar-refractivity contribution in [3.63, 3.8) is 0 Å². The molecule has 3 aliphatic carbocycles. The smallest absolute Gasteiger partial charge is 0.0131 e. The molecule has 0 spiro atoms. The lowest BCUT2D eigenvalue weighted by atomic mass is 9.69. The molecule has 1 N–H and O–H groups in total. The van der Waals surface area contributed by atoms with Crippen LogP contribution in [-0.4, -0.2) is 12.1 Å². The maximum Gasteiger partial charge on any atom is 0.0131 e. The molecular formula is C18H33N. The highest BCUT2D eigenvalue weighted by Gasteiger charge is 2.61. The van der Waals surface area contributed by atoms with E-state index in [1.54, 1.807) is 0 Å². The Morgan fingerprint density at radius 2 is 1.68 bits per heavy atom. The zero-order chi connectivity index (χ0) is 13.7. The molecule has 4 unspecified atom stereocenters. The molecule has 4 atom stereocenters. The lowest BCUT2D eigenvalue weighted by Gasteiger charge is -2.42. The lowest BCUT2D eigenvalue weighted by molar-refractivity contribution is 0.108. The molecule has 0 radical (unpaired) electrons. The third-order valence-electron chi connectivity index (χ3n) is 7.62. The van der Waals surface area contributed by atoms with Gasteiger partial charge in [-0.3, -0.25) is 0 Å². The van der Waals surface area contributed by atoms with Crippen molar-refractivity contribution in [1.82, 2.24) is 5.32 Å². The molecule has 0 heterocycles. The molecule has 0 aromatic rings. The fourth-order valence-corrected chi connectivity index (χ4v) is 5.54. The highest BCUT2D eigenvalue weighted by molar-refractivity contribution is 5.13. The summed E-state index contributed by atoms with van der Waals surface area (Å²) in [6, 6.07) is 1.51. The largest absolute Gasteiger partial charge is 0.311 e. The topological polar surface area (TPSA) is 12.0 Å². The standard InChI is InChI=1S/C18H33N/c1-13(14-8-6-5-7-9-14)19-16-12-15-10-11-18(16,4)17(15,2)3/h13-16,19H,5-12H2,1-4H3. The molecular weight excluding hydrogens is 230 g/mol. The molecule has 2 bridgehead atoms. The predicted molar refractivity (Wildman–Crippen MR) is 82.2 cm³/mol. The molecule has 0 amide bonds. The number of rotatable bonds is 3. The summed E-state index contributed by atoms with van der Waals surface area (Å²) in [4.78, 5) is 0. The Labute approximate surface area is 119 Å². The summed E-state index contributed by atoms with van der Waals surface area (Å²) in [5.41, 5.74) is 1.09.